The summed E-state index contributed by atoms with van der Waals surface area (Å²) in [6.07, 6.45) is 3.87. The highest BCUT2D eigenvalue weighted by Gasteiger charge is 2.30. The molecule has 1 saturated heterocycles. The molecular weight excluding hydrogens is 322 g/mol. The summed E-state index contributed by atoms with van der Waals surface area (Å²) in [5.41, 5.74) is 0. The minimum Gasteiger partial charge on any atom is -0.338 e. The third-order valence-electron chi connectivity index (χ3n) is 4.52. The monoisotopic (exact) mass is 351 g/mol. The Morgan fingerprint density at radius 2 is 2.16 bits per heavy atom. The van der Waals surface area contributed by atoms with E-state index >= 15 is 0 Å². The van der Waals surface area contributed by atoms with E-state index in [4.69, 9.17) is 0 Å². The number of nitrogens with zero attached hydrogens (tertiary/aromatic N) is 6. The zero-order chi connectivity index (χ0) is 18.4. The van der Waals surface area contributed by atoms with E-state index in [0.29, 0.717) is 19.5 Å². The minimum atomic E-state index is -0.146. The smallest absolute Gasteiger partial charge is 0.317 e. The molecule has 0 aliphatic carbocycles. The molecule has 1 aliphatic rings. The second kappa shape index (κ2) is 8.80. The van der Waals surface area contributed by atoms with Crippen molar-refractivity contribution in [2.75, 3.05) is 40.8 Å². The van der Waals surface area contributed by atoms with Crippen LogP contribution in [-0.4, -0.2) is 88.2 Å². The maximum atomic E-state index is 12.2. The van der Waals surface area contributed by atoms with Crippen molar-refractivity contribution in [3.8, 4) is 0 Å². The number of carbonyl (C=O) groups is 2. The molecule has 0 radical (unpaired) electrons. The van der Waals surface area contributed by atoms with Gasteiger partial charge in [-0.1, -0.05) is 0 Å². The van der Waals surface area contributed by atoms with Gasteiger partial charge >= 0.3 is 6.03 Å². The topological polar surface area (TPSA) is 86.6 Å². The summed E-state index contributed by atoms with van der Waals surface area (Å²) in [4.78, 5) is 29.8. The second-order valence-electron chi connectivity index (χ2n) is 6.82. The number of aryl methyl sites for hydroxylation is 1. The number of hydrogen-bond donors (Lipinski definition) is 1. The Hall–Kier alpha value is -2.16. The standard InChI is InChI=1S/C16H29N7O2/c1-20(2)9-10-23-13(5-6-15(23)24)7-8-17-16(25)21(3)11-14-19-18-12-22(14)4/h12-13H,5-11H2,1-4H3,(H,17,25)/t13-/m1/s1. The van der Waals surface area contributed by atoms with E-state index < -0.39 is 0 Å². The number of urea groups is 1. The summed E-state index contributed by atoms with van der Waals surface area (Å²) in [6, 6.07) is 0.0731. The van der Waals surface area contributed by atoms with Crippen molar-refractivity contribution in [3.05, 3.63) is 12.2 Å². The van der Waals surface area contributed by atoms with Gasteiger partial charge in [0.15, 0.2) is 5.82 Å². The average Bonchev–Trinajstić information content (AvgIpc) is 3.11. The first-order chi connectivity index (χ1) is 11.9. The fourth-order valence-electron chi connectivity index (χ4n) is 2.92. The minimum absolute atomic E-state index is 0.146. The van der Waals surface area contributed by atoms with E-state index in [-0.39, 0.29) is 18.0 Å². The van der Waals surface area contributed by atoms with Crippen molar-refractivity contribution in [2.45, 2.75) is 31.8 Å². The van der Waals surface area contributed by atoms with Crippen LogP contribution in [0.2, 0.25) is 0 Å². The summed E-state index contributed by atoms with van der Waals surface area (Å²) in [5, 5.41) is 10.7. The van der Waals surface area contributed by atoms with Crippen molar-refractivity contribution in [3.63, 3.8) is 0 Å². The number of likely N-dealkylation sites (N-methyl/N-ethyl adjacent to an activating group) is 1. The molecule has 1 N–H and O–H groups in total. The Kier molecular flexibility index (Phi) is 6.74. The van der Waals surface area contributed by atoms with Gasteiger partial charge in [-0.3, -0.25) is 4.79 Å². The van der Waals surface area contributed by atoms with Crippen LogP contribution < -0.4 is 5.32 Å². The van der Waals surface area contributed by atoms with E-state index in [1.807, 2.05) is 26.0 Å². The summed E-state index contributed by atoms with van der Waals surface area (Å²) >= 11 is 0. The molecule has 140 valence electrons. The zero-order valence-corrected chi connectivity index (χ0v) is 15.6. The molecule has 1 fully saturated rings. The van der Waals surface area contributed by atoms with Crippen molar-refractivity contribution in [2.24, 2.45) is 7.05 Å². The molecule has 1 aromatic rings. The SMILES string of the molecule is CN(C)CCN1C(=O)CC[C@@H]1CCNC(=O)N(C)Cc1nncn1C. The van der Waals surface area contributed by atoms with Crippen LogP contribution >= 0.6 is 0 Å². The Bertz CT molecular complexity index is 587. The van der Waals surface area contributed by atoms with Crippen molar-refractivity contribution < 1.29 is 9.59 Å². The van der Waals surface area contributed by atoms with Crippen LogP contribution in [0, 0.1) is 0 Å². The molecule has 0 aromatic carbocycles. The fraction of sp³-hybridized carbons (Fsp3) is 0.750. The number of rotatable bonds is 8. The molecule has 3 amide bonds. The molecule has 0 bridgehead atoms. The summed E-state index contributed by atoms with van der Waals surface area (Å²) in [6.45, 7) is 2.56. The van der Waals surface area contributed by atoms with Crippen molar-refractivity contribution in [1.82, 2.24) is 34.8 Å². The molecule has 9 heteroatoms. The first-order valence-electron chi connectivity index (χ1n) is 8.64. The van der Waals surface area contributed by atoms with Gasteiger partial charge in [-0.15, -0.1) is 10.2 Å². The Morgan fingerprint density at radius 1 is 1.40 bits per heavy atom. The van der Waals surface area contributed by atoms with Gasteiger partial charge in [0.1, 0.15) is 6.33 Å². The van der Waals surface area contributed by atoms with E-state index in [1.54, 1.807) is 22.8 Å². The highest BCUT2D eigenvalue weighted by molar-refractivity contribution is 5.78. The van der Waals surface area contributed by atoms with Crippen molar-refractivity contribution >= 4 is 11.9 Å². The summed E-state index contributed by atoms with van der Waals surface area (Å²) in [5.74, 6) is 0.950. The normalized spacial score (nSPS) is 17.4. The Labute approximate surface area is 149 Å². The molecule has 0 unspecified atom stereocenters. The predicted octanol–water partition coefficient (Wildman–Crippen LogP) is -0.101. The number of amides is 3. The first-order valence-corrected chi connectivity index (χ1v) is 8.64. The van der Waals surface area contributed by atoms with Gasteiger partial charge in [-0.25, -0.2) is 4.79 Å². The molecular formula is C16H29N7O2. The van der Waals surface area contributed by atoms with Gasteiger partial charge in [0.25, 0.3) is 0 Å². The predicted molar refractivity (Wildman–Crippen MR) is 93.8 cm³/mol. The van der Waals surface area contributed by atoms with Gasteiger partial charge in [0, 0.05) is 46.2 Å². The lowest BCUT2D eigenvalue weighted by Gasteiger charge is -2.26. The molecule has 1 aromatic heterocycles. The lowest BCUT2D eigenvalue weighted by atomic mass is 10.1. The van der Waals surface area contributed by atoms with Gasteiger partial charge in [0.2, 0.25) is 5.91 Å². The fourth-order valence-corrected chi connectivity index (χ4v) is 2.92. The average molecular weight is 351 g/mol. The van der Waals surface area contributed by atoms with Crippen LogP contribution in [0.25, 0.3) is 0 Å². The third-order valence-corrected chi connectivity index (χ3v) is 4.52. The van der Waals surface area contributed by atoms with Crippen LogP contribution in [0.4, 0.5) is 4.79 Å². The van der Waals surface area contributed by atoms with E-state index in [9.17, 15) is 9.59 Å². The van der Waals surface area contributed by atoms with Gasteiger partial charge in [-0.2, -0.15) is 0 Å². The lowest BCUT2D eigenvalue weighted by Crippen LogP contribution is -2.42. The molecule has 1 atom stereocenters. The maximum absolute atomic E-state index is 12.2. The van der Waals surface area contributed by atoms with Crippen LogP contribution in [-0.2, 0) is 18.4 Å². The van der Waals surface area contributed by atoms with Gasteiger partial charge in [0.05, 0.1) is 6.54 Å². The number of likely N-dealkylation sites (tertiary alicyclic amines) is 1. The van der Waals surface area contributed by atoms with Crippen LogP contribution in [0.3, 0.4) is 0 Å². The van der Waals surface area contributed by atoms with Crippen LogP contribution in [0.1, 0.15) is 25.1 Å². The van der Waals surface area contributed by atoms with Crippen LogP contribution in [0.15, 0.2) is 6.33 Å². The first kappa shape index (κ1) is 19.2. The van der Waals surface area contributed by atoms with Gasteiger partial charge < -0.3 is 24.6 Å². The maximum Gasteiger partial charge on any atom is 0.317 e. The number of aromatic nitrogens is 3. The molecule has 2 heterocycles. The van der Waals surface area contributed by atoms with Crippen LogP contribution in [0.5, 0.6) is 0 Å². The van der Waals surface area contributed by atoms with Crippen molar-refractivity contribution in [1.29, 1.82) is 0 Å². The molecule has 9 nitrogen and oxygen atoms in total. The highest BCUT2D eigenvalue weighted by Crippen LogP contribution is 2.20. The van der Waals surface area contributed by atoms with E-state index in [2.05, 4.69) is 20.4 Å². The molecule has 0 saturated carbocycles. The summed E-state index contributed by atoms with van der Waals surface area (Å²) < 4.78 is 1.79. The Balaban J connectivity index is 1.74. The molecule has 25 heavy (non-hydrogen) atoms. The zero-order valence-electron chi connectivity index (χ0n) is 15.6. The second-order valence-corrected chi connectivity index (χ2v) is 6.82. The third kappa shape index (κ3) is 5.42. The van der Waals surface area contributed by atoms with Gasteiger partial charge in [-0.05, 0) is 26.9 Å². The lowest BCUT2D eigenvalue weighted by molar-refractivity contribution is -0.129. The molecule has 0 spiro atoms. The molecule has 1 aliphatic heterocycles. The number of carbonyl (C=O) groups excluding carboxylic acids is 2. The molecule has 2 rings (SSSR count). The van der Waals surface area contributed by atoms with E-state index in [1.165, 1.54) is 0 Å². The Morgan fingerprint density at radius 3 is 2.80 bits per heavy atom. The summed E-state index contributed by atoms with van der Waals surface area (Å²) in [7, 11) is 7.58. The highest BCUT2D eigenvalue weighted by atomic mass is 16.2. The van der Waals surface area contributed by atoms with E-state index in [0.717, 1.165) is 31.8 Å². The largest absolute Gasteiger partial charge is 0.338 e. The number of nitrogens with one attached hydrogen (secondary N) is 1. The quantitative estimate of drug-likeness (QED) is 0.707. The number of hydrogen-bond acceptors (Lipinski definition) is 5.